The Bertz CT molecular complexity index is 873. The van der Waals surface area contributed by atoms with Gasteiger partial charge in [0.05, 0.1) is 0 Å². The topological polar surface area (TPSA) is 74.6 Å². The fourth-order valence-corrected chi connectivity index (χ4v) is 3.47. The van der Waals surface area contributed by atoms with Crippen LogP contribution < -0.4 is 0 Å². The summed E-state index contributed by atoms with van der Waals surface area (Å²) in [6, 6.07) is 20.2. The normalized spacial score (nSPS) is 11.3. The van der Waals surface area contributed by atoms with Crippen molar-refractivity contribution in [3.8, 4) is 28.0 Å². The maximum atomic E-state index is 12.0. The van der Waals surface area contributed by atoms with Gasteiger partial charge in [-0.2, -0.15) is 8.42 Å². The molecule has 0 atom stereocenters. The standard InChI is InChI=1S/C18H14O4S/c19-15-11-16(13-7-3-1-4-8-13)18(23(20,21)22)17(12-15)14-9-5-2-6-10-14/h1-12,19H,(H,20,21,22). The minimum atomic E-state index is -4.49. The molecule has 23 heavy (non-hydrogen) atoms. The van der Waals surface area contributed by atoms with Crippen LogP contribution in [0.15, 0.2) is 77.7 Å². The number of aromatic hydroxyl groups is 1. The molecule has 0 unspecified atom stereocenters. The second kappa shape index (κ2) is 5.87. The summed E-state index contributed by atoms with van der Waals surface area (Å²) in [5.41, 5.74) is 1.69. The van der Waals surface area contributed by atoms with Crippen LogP contribution in [0, 0.1) is 0 Å². The van der Waals surface area contributed by atoms with Gasteiger partial charge in [-0.3, -0.25) is 4.55 Å². The van der Waals surface area contributed by atoms with E-state index in [9.17, 15) is 18.1 Å². The summed E-state index contributed by atoms with van der Waals surface area (Å²) in [7, 11) is -4.49. The third kappa shape index (κ3) is 3.11. The molecular formula is C18H14O4S. The molecule has 3 rings (SSSR count). The highest BCUT2D eigenvalue weighted by atomic mass is 32.2. The third-order valence-electron chi connectivity index (χ3n) is 3.50. The Labute approximate surface area is 134 Å². The lowest BCUT2D eigenvalue weighted by atomic mass is 9.98. The zero-order valence-electron chi connectivity index (χ0n) is 12.0. The van der Waals surface area contributed by atoms with E-state index in [2.05, 4.69) is 0 Å². The van der Waals surface area contributed by atoms with E-state index in [4.69, 9.17) is 0 Å². The molecular weight excluding hydrogens is 312 g/mol. The van der Waals surface area contributed by atoms with Crippen LogP contribution in [0.5, 0.6) is 5.75 Å². The van der Waals surface area contributed by atoms with Crippen LogP contribution in [-0.2, 0) is 10.1 Å². The maximum absolute atomic E-state index is 12.0. The number of phenols is 1. The molecule has 0 spiro atoms. The van der Waals surface area contributed by atoms with Crippen LogP contribution in [0.2, 0.25) is 0 Å². The Morgan fingerprint density at radius 3 is 1.43 bits per heavy atom. The van der Waals surface area contributed by atoms with Crippen molar-refractivity contribution >= 4 is 10.1 Å². The fraction of sp³-hybridized carbons (Fsp3) is 0. The van der Waals surface area contributed by atoms with E-state index in [0.29, 0.717) is 11.1 Å². The van der Waals surface area contributed by atoms with Crippen LogP contribution in [-0.4, -0.2) is 18.1 Å². The number of hydrogen-bond donors (Lipinski definition) is 2. The quantitative estimate of drug-likeness (QED) is 0.714. The molecule has 2 N–H and O–H groups in total. The predicted molar refractivity (Wildman–Crippen MR) is 88.8 cm³/mol. The number of hydrogen-bond acceptors (Lipinski definition) is 3. The van der Waals surface area contributed by atoms with Crippen molar-refractivity contribution in [2.45, 2.75) is 4.90 Å². The minimum absolute atomic E-state index is 0.0740. The van der Waals surface area contributed by atoms with Crippen LogP contribution in [0.3, 0.4) is 0 Å². The molecule has 0 bridgehead atoms. The number of rotatable bonds is 3. The summed E-state index contributed by atoms with van der Waals surface area (Å²) >= 11 is 0. The van der Waals surface area contributed by atoms with Gasteiger partial charge in [-0.25, -0.2) is 0 Å². The van der Waals surface area contributed by atoms with Crippen molar-refractivity contribution < 1.29 is 18.1 Å². The smallest absolute Gasteiger partial charge is 0.295 e. The van der Waals surface area contributed by atoms with Gasteiger partial charge in [0, 0.05) is 11.1 Å². The van der Waals surface area contributed by atoms with Crippen molar-refractivity contribution in [2.24, 2.45) is 0 Å². The van der Waals surface area contributed by atoms with Crippen molar-refractivity contribution in [1.82, 2.24) is 0 Å². The van der Waals surface area contributed by atoms with Gasteiger partial charge < -0.3 is 5.11 Å². The second-order valence-electron chi connectivity index (χ2n) is 5.08. The van der Waals surface area contributed by atoms with Gasteiger partial charge in [0.1, 0.15) is 10.6 Å². The van der Waals surface area contributed by atoms with Gasteiger partial charge in [-0.15, -0.1) is 0 Å². The van der Waals surface area contributed by atoms with E-state index in [-0.39, 0.29) is 21.8 Å². The molecule has 3 aromatic rings. The third-order valence-corrected chi connectivity index (χ3v) is 4.46. The SMILES string of the molecule is O=S(=O)(O)c1c(-c2ccccc2)cc(O)cc1-c1ccccc1. The Morgan fingerprint density at radius 2 is 1.09 bits per heavy atom. The molecule has 3 aromatic carbocycles. The monoisotopic (exact) mass is 326 g/mol. The molecule has 0 aromatic heterocycles. The highest BCUT2D eigenvalue weighted by Gasteiger charge is 2.23. The highest BCUT2D eigenvalue weighted by Crippen LogP contribution is 2.38. The maximum Gasteiger partial charge on any atom is 0.295 e. The van der Waals surface area contributed by atoms with E-state index >= 15 is 0 Å². The summed E-state index contributed by atoms with van der Waals surface area (Å²) in [5.74, 6) is -0.0740. The predicted octanol–water partition coefficient (Wildman–Crippen LogP) is 3.97. The Morgan fingerprint density at radius 1 is 0.696 bits per heavy atom. The first-order chi connectivity index (χ1) is 11.0. The Kier molecular flexibility index (Phi) is 3.90. The lowest BCUT2D eigenvalue weighted by Gasteiger charge is -2.14. The van der Waals surface area contributed by atoms with Crippen LogP contribution in [0.1, 0.15) is 0 Å². The van der Waals surface area contributed by atoms with Crippen LogP contribution >= 0.6 is 0 Å². The second-order valence-corrected chi connectivity index (χ2v) is 6.44. The lowest BCUT2D eigenvalue weighted by Crippen LogP contribution is -2.04. The molecule has 0 aliphatic carbocycles. The van der Waals surface area contributed by atoms with Gasteiger partial charge >= 0.3 is 0 Å². The van der Waals surface area contributed by atoms with E-state index in [1.165, 1.54) is 12.1 Å². The van der Waals surface area contributed by atoms with E-state index in [1.807, 2.05) is 0 Å². The average molecular weight is 326 g/mol. The van der Waals surface area contributed by atoms with Gasteiger partial charge in [0.2, 0.25) is 0 Å². The number of benzene rings is 3. The Hall–Kier alpha value is -2.63. The van der Waals surface area contributed by atoms with E-state index in [0.717, 1.165) is 0 Å². The molecule has 0 aliphatic heterocycles. The minimum Gasteiger partial charge on any atom is -0.508 e. The van der Waals surface area contributed by atoms with Crippen molar-refractivity contribution in [1.29, 1.82) is 0 Å². The van der Waals surface area contributed by atoms with Crippen LogP contribution in [0.4, 0.5) is 0 Å². The summed E-state index contributed by atoms with van der Waals surface area (Å²) in [5, 5.41) is 10.0. The zero-order valence-corrected chi connectivity index (χ0v) is 12.9. The van der Waals surface area contributed by atoms with E-state index < -0.39 is 10.1 Å². The van der Waals surface area contributed by atoms with Gasteiger partial charge in [0.15, 0.2) is 0 Å². The summed E-state index contributed by atoms with van der Waals surface area (Å²) in [6.45, 7) is 0. The summed E-state index contributed by atoms with van der Waals surface area (Å²) < 4.78 is 33.8. The van der Waals surface area contributed by atoms with Gasteiger partial charge in [-0.1, -0.05) is 60.7 Å². The first kappa shape index (κ1) is 15.3. The lowest BCUT2D eigenvalue weighted by molar-refractivity contribution is 0.474. The fourth-order valence-electron chi connectivity index (χ4n) is 2.56. The first-order valence-corrected chi connectivity index (χ1v) is 8.36. The molecule has 0 saturated carbocycles. The van der Waals surface area contributed by atoms with Crippen molar-refractivity contribution in [3.63, 3.8) is 0 Å². The molecule has 0 fully saturated rings. The molecule has 4 nitrogen and oxygen atoms in total. The van der Waals surface area contributed by atoms with Crippen LogP contribution in [0.25, 0.3) is 22.3 Å². The molecule has 116 valence electrons. The molecule has 0 aliphatic rings. The van der Waals surface area contributed by atoms with Gasteiger partial charge in [-0.05, 0) is 23.3 Å². The molecule has 0 radical (unpaired) electrons. The molecule has 0 amide bonds. The summed E-state index contributed by atoms with van der Waals surface area (Å²) in [4.78, 5) is -0.215. The van der Waals surface area contributed by atoms with E-state index in [1.54, 1.807) is 60.7 Å². The number of phenolic OH excluding ortho intramolecular Hbond substituents is 1. The Balaban J connectivity index is 2.40. The first-order valence-electron chi connectivity index (χ1n) is 6.92. The molecule has 5 heteroatoms. The van der Waals surface area contributed by atoms with Crippen molar-refractivity contribution in [3.05, 3.63) is 72.8 Å². The average Bonchev–Trinajstić information content (AvgIpc) is 2.54. The summed E-state index contributed by atoms with van der Waals surface area (Å²) in [6.07, 6.45) is 0. The highest BCUT2D eigenvalue weighted by molar-refractivity contribution is 7.86. The van der Waals surface area contributed by atoms with Gasteiger partial charge in [0.25, 0.3) is 10.1 Å². The molecule has 0 saturated heterocycles. The largest absolute Gasteiger partial charge is 0.508 e. The molecule has 0 heterocycles. The zero-order chi connectivity index (χ0) is 16.4. The van der Waals surface area contributed by atoms with Crippen molar-refractivity contribution in [2.75, 3.05) is 0 Å².